The van der Waals surface area contributed by atoms with Gasteiger partial charge in [0.15, 0.2) is 0 Å². The second-order valence-corrected chi connectivity index (χ2v) is 4.95. The first-order chi connectivity index (χ1) is 8.62. The Labute approximate surface area is 109 Å². The fourth-order valence-electron chi connectivity index (χ4n) is 2.39. The molecule has 0 bridgehead atoms. The van der Waals surface area contributed by atoms with Crippen molar-refractivity contribution in [3.05, 3.63) is 0 Å². The molecule has 0 aromatic rings. The van der Waals surface area contributed by atoms with Gasteiger partial charge in [-0.1, -0.05) is 26.7 Å². The number of amides is 1. The zero-order valence-corrected chi connectivity index (χ0v) is 11.4. The lowest BCUT2D eigenvalue weighted by molar-refractivity contribution is -0.132. The van der Waals surface area contributed by atoms with Gasteiger partial charge in [0.05, 0.1) is 12.2 Å². The molecule has 3 atom stereocenters. The lowest BCUT2D eigenvalue weighted by atomic mass is 9.96. The highest BCUT2D eigenvalue weighted by Gasteiger charge is 2.30. The Morgan fingerprint density at radius 3 is 2.61 bits per heavy atom. The summed E-state index contributed by atoms with van der Waals surface area (Å²) in [5.74, 6) is 0.113. The maximum atomic E-state index is 11.8. The summed E-state index contributed by atoms with van der Waals surface area (Å²) < 4.78 is 5.50. The van der Waals surface area contributed by atoms with Crippen LogP contribution in [0.3, 0.4) is 0 Å². The summed E-state index contributed by atoms with van der Waals surface area (Å²) in [5, 5.41) is 12.7. The topological polar surface area (TPSA) is 84.6 Å². The van der Waals surface area contributed by atoms with E-state index in [4.69, 9.17) is 10.5 Å². The molecule has 0 spiro atoms. The van der Waals surface area contributed by atoms with Crippen molar-refractivity contribution in [3.63, 3.8) is 0 Å². The Hall–Kier alpha value is -0.650. The smallest absolute Gasteiger partial charge is 0.249 e. The van der Waals surface area contributed by atoms with E-state index in [1.807, 2.05) is 13.8 Å². The molecule has 1 aliphatic rings. The van der Waals surface area contributed by atoms with Crippen LogP contribution in [0.5, 0.6) is 0 Å². The number of carbonyl (C=O) groups excluding carboxylic acids is 1. The highest BCUT2D eigenvalue weighted by molar-refractivity contribution is 5.81. The molecule has 18 heavy (non-hydrogen) atoms. The van der Waals surface area contributed by atoms with Gasteiger partial charge in [-0.2, -0.15) is 0 Å². The molecule has 5 heteroatoms. The molecule has 106 valence electrons. The number of rotatable bonds is 7. The molecule has 1 amide bonds. The standard InChI is InChI=1S/C13H26N2O3/c1-3-9(4-2)11(16)8-15-13(17)12-6-5-10(7-14)18-12/h9-12,16H,3-8,14H2,1-2H3,(H,15,17)/t10-,11?,12+/m1/s1. The van der Waals surface area contributed by atoms with E-state index in [1.165, 1.54) is 0 Å². The molecule has 1 unspecified atom stereocenters. The molecule has 1 heterocycles. The summed E-state index contributed by atoms with van der Waals surface area (Å²) in [7, 11) is 0. The lowest BCUT2D eigenvalue weighted by Gasteiger charge is -2.21. The van der Waals surface area contributed by atoms with E-state index >= 15 is 0 Å². The second-order valence-electron chi connectivity index (χ2n) is 4.95. The molecule has 1 fully saturated rings. The number of nitrogens with one attached hydrogen (secondary N) is 1. The zero-order valence-electron chi connectivity index (χ0n) is 11.4. The van der Waals surface area contributed by atoms with Crippen LogP contribution in [0.15, 0.2) is 0 Å². The number of carbonyl (C=O) groups is 1. The van der Waals surface area contributed by atoms with Gasteiger partial charge in [-0.3, -0.25) is 4.79 Å². The summed E-state index contributed by atoms with van der Waals surface area (Å²) in [6.07, 6.45) is 2.52. The number of nitrogens with two attached hydrogens (primary N) is 1. The van der Waals surface area contributed by atoms with Crippen LogP contribution in [0.2, 0.25) is 0 Å². The predicted octanol–water partition coefficient (Wildman–Crippen LogP) is 0.406. The van der Waals surface area contributed by atoms with Crippen LogP contribution >= 0.6 is 0 Å². The number of hydrogen-bond donors (Lipinski definition) is 3. The average molecular weight is 258 g/mol. The van der Waals surface area contributed by atoms with Crippen molar-refractivity contribution in [2.75, 3.05) is 13.1 Å². The molecule has 0 saturated carbocycles. The largest absolute Gasteiger partial charge is 0.391 e. The van der Waals surface area contributed by atoms with Crippen molar-refractivity contribution in [2.45, 2.75) is 57.8 Å². The molecule has 1 saturated heterocycles. The molecule has 0 aromatic carbocycles. The van der Waals surface area contributed by atoms with Gasteiger partial charge >= 0.3 is 0 Å². The molecule has 5 nitrogen and oxygen atoms in total. The van der Waals surface area contributed by atoms with Gasteiger partial charge < -0.3 is 20.9 Å². The molecule has 0 aliphatic carbocycles. The number of ether oxygens (including phenoxy) is 1. The van der Waals surface area contributed by atoms with Crippen LogP contribution in [-0.2, 0) is 9.53 Å². The van der Waals surface area contributed by atoms with E-state index in [-0.39, 0.29) is 17.9 Å². The van der Waals surface area contributed by atoms with Gasteiger partial charge in [-0.05, 0) is 18.8 Å². The SMILES string of the molecule is CCC(CC)C(O)CNC(=O)[C@@H]1CC[C@H](CN)O1. The second kappa shape index (κ2) is 7.71. The normalized spacial score (nSPS) is 25.4. The number of aliphatic hydroxyl groups excluding tert-OH is 1. The predicted molar refractivity (Wildman–Crippen MR) is 70.0 cm³/mol. The fourth-order valence-corrected chi connectivity index (χ4v) is 2.39. The van der Waals surface area contributed by atoms with Crippen LogP contribution in [-0.4, -0.2) is 42.4 Å². The summed E-state index contributed by atoms with van der Waals surface area (Å²) in [6.45, 7) is 4.86. The van der Waals surface area contributed by atoms with Gasteiger partial charge in [0, 0.05) is 13.1 Å². The Bertz CT molecular complexity index is 257. The highest BCUT2D eigenvalue weighted by atomic mass is 16.5. The van der Waals surface area contributed by atoms with E-state index in [0.717, 1.165) is 25.7 Å². The van der Waals surface area contributed by atoms with Crippen molar-refractivity contribution in [1.82, 2.24) is 5.32 Å². The minimum atomic E-state index is -0.476. The summed E-state index contributed by atoms with van der Waals surface area (Å²) in [6, 6.07) is 0. The Kier molecular flexibility index (Phi) is 6.60. The summed E-state index contributed by atoms with van der Waals surface area (Å²) >= 11 is 0. The minimum absolute atomic E-state index is 0.00436. The van der Waals surface area contributed by atoms with Crippen molar-refractivity contribution in [1.29, 1.82) is 0 Å². The lowest BCUT2D eigenvalue weighted by Crippen LogP contribution is -2.41. The Morgan fingerprint density at radius 2 is 2.11 bits per heavy atom. The first kappa shape index (κ1) is 15.4. The van der Waals surface area contributed by atoms with Crippen LogP contribution in [0.1, 0.15) is 39.5 Å². The molecule has 4 N–H and O–H groups in total. The molecule has 0 aromatic heterocycles. The summed E-state index contributed by atoms with van der Waals surface area (Å²) in [4.78, 5) is 11.8. The van der Waals surface area contributed by atoms with Gasteiger partial charge in [0.25, 0.3) is 0 Å². The Morgan fingerprint density at radius 1 is 1.44 bits per heavy atom. The minimum Gasteiger partial charge on any atom is -0.391 e. The summed E-state index contributed by atoms with van der Waals surface area (Å²) in [5.41, 5.74) is 5.50. The quantitative estimate of drug-likeness (QED) is 0.617. The van der Waals surface area contributed by atoms with Crippen molar-refractivity contribution >= 4 is 5.91 Å². The Balaban J connectivity index is 2.29. The molecule has 1 aliphatic heterocycles. The van der Waals surface area contributed by atoms with Gasteiger partial charge in [-0.25, -0.2) is 0 Å². The van der Waals surface area contributed by atoms with Crippen LogP contribution in [0, 0.1) is 5.92 Å². The molecule has 0 radical (unpaired) electrons. The van der Waals surface area contributed by atoms with Crippen molar-refractivity contribution in [3.8, 4) is 0 Å². The first-order valence-corrected chi connectivity index (χ1v) is 6.93. The third-order valence-corrected chi connectivity index (χ3v) is 3.74. The molecule has 1 rings (SSSR count). The van der Waals surface area contributed by atoms with Crippen molar-refractivity contribution < 1.29 is 14.6 Å². The van der Waals surface area contributed by atoms with E-state index < -0.39 is 12.2 Å². The van der Waals surface area contributed by atoms with Crippen LogP contribution in [0.25, 0.3) is 0 Å². The maximum absolute atomic E-state index is 11.8. The fraction of sp³-hybridized carbons (Fsp3) is 0.923. The third kappa shape index (κ3) is 4.23. The van der Waals surface area contributed by atoms with E-state index in [0.29, 0.717) is 13.1 Å². The zero-order chi connectivity index (χ0) is 13.5. The van der Waals surface area contributed by atoms with E-state index in [2.05, 4.69) is 5.32 Å². The van der Waals surface area contributed by atoms with Gasteiger partial charge in [0.2, 0.25) is 5.91 Å². The van der Waals surface area contributed by atoms with Gasteiger partial charge in [-0.15, -0.1) is 0 Å². The highest BCUT2D eigenvalue weighted by Crippen LogP contribution is 2.19. The first-order valence-electron chi connectivity index (χ1n) is 6.93. The van der Waals surface area contributed by atoms with Crippen molar-refractivity contribution in [2.24, 2.45) is 11.7 Å². The van der Waals surface area contributed by atoms with E-state index in [1.54, 1.807) is 0 Å². The average Bonchev–Trinajstić information content (AvgIpc) is 2.86. The van der Waals surface area contributed by atoms with Crippen LogP contribution < -0.4 is 11.1 Å². The van der Waals surface area contributed by atoms with Gasteiger partial charge in [0.1, 0.15) is 6.10 Å². The number of aliphatic hydroxyl groups is 1. The maximum Gasteiger partial charge on any atom is 0.249 e. The molecular formula is C13H26N2O3. The van der Waals surface area contributed by atoms with Crippen LogP contribution in [0.4, 0.5) is 0 Å². The monoisotopic (exact) mass is 258 g/mol. The van der Waals surface area contributed by atoms with E-state index in [9.17, 15) is 9.90 Å². The number of hydrogen-bond acceptors (Lipinski definition) is 4. The third-order valence-electron chi connectivity index (χ3n) is 3.74. The molecular weight excluding hydrogens is 232 g/mol.